The number of rotatable bonds is 7. The molecular weight excluding hydrogens is 423 g/mol. The number of benzene rings is 1. The lowest BCUT2D eigenvalue weighted by molar-refractivity contribution is -0.218. The van der Waals surface area contributed by atoms with Crippen molar-refractivity contribution in [2.75, 3.05) is 0 Å². The Bertz CT molecular complexity index is 887. The first-order valence-electron chi connectivity index (χ1n) is 8.42. The molecule has 0 unspecified atom stereocenters. The van der Waals surface area contributed by atoms with Crippen molar-refractivity contribution in [1.29, 1.82) is 0 Å². The van der Waals surface area contributed by atoms with E-state index in [1.807, 2.05) is 5.43 Å². The third-order valence-electron chi connectivity index (χ3n) is 4.51. The summed E-state index contributed by atoms with van der Waals surface area (Å²) in [6.07, 6.45) is -3.82. The van der Waals surface area contributed by atoms with Crippen LogP contribution in [0.3, 0.4) is 0 Å². The van der Waals surface area contributed by atoms with Gasteiger partial charge in [0.25, 0.3) is 5.91 Å². The van der Waals surface area contributed by atoms with Gasteiger partial charge in [-0.3, -0.25) is 10.2 Å². The van der Waals surface area contributed by atoms with Gasteiger partial charge in [0.05, 0.1) is 17.2 Å². The number of alkyl halides is 5. The number of carbonyl (C=O) groups is 1. The number of nitrogens with two attached hydrogens (primary N) is 1. The third-order valence-corrected chi connectivity index (χ3v) is 4.51. The van der Waals surface area contributed by atoms with Gasteiger partial charge in [-0.2, -0.15) is 27.1 Å². The van der Waals surface area contributed by atoms with Crippen LogP contribution in [0.1, 0.15) is 26.0 Å². The van der Waals surface area contributed by atoms with Gasteiger partial charge in [-0.05, 0) is 32.0 Å². The van der Waals surface area contributed by atoms with E-state index in [9.17, 15) is 35.5 Å². The maximum absolute atomic E-state index is 14.2. The summed E-state index contributed by atoms with van der Waals surface area (Å²) >= 11 is 0. The van der Waals surface area contributed by atoms with Crippen LogP contribution in [0, 0.1) is 17.0 Å². The van der Waals surface area contributed by atoms with Crippen LogP contribution >= 0.6 is 0 Å². The zero-order chi connectivity index (χ0) is 22.9. The molecule has 0 aliphatic rings. The van der Waals surface area contributed by atoms with Crippen molar-refractivity contribution in [2.24, 2.45) is 11.1 Å². The quantitative estimate of drug-likeness (QED) is 0.455. The second-order valence-electron chi connectivity index (χ2n) is 6.92. The Morgan fingerprint density at radius 3 is 2.23 bits per heavy atom. The lowest BCUT2D eigenvalue weighted by Crippen LogP contribution is -2.57. The first kappa shape index (κ1) is 23.6. The van der Waals surface area contributed by atoms with Crippen LogP contribution in [0.5, 0.6) is 0 Å². The fourth-order valence-corrected chi connectivity index (χ4v) is 2.32. The predicted molar refractivity (Wildman–Crippen MR) is 91.6 cm³/mol. The number of amides is 1. The van der Waals surface area contributed by atoms with Crippen molar-refractivity contribution in [1.82, 2.24) is 20.6 Å². The normalized spacial score (nSPS) is 13.6. The fourth-order valence-electron chi connectivity index (χ4n) is 2.32. The Kier molecular flexibility index (Phi) is 6.76. The number of hydrazine groups is 1. The average Bonchev–Trinajstić information content (AvgIpc) is 3.12. The van der Waals surface area contributed by atoms with Gasteiger partial charge >= 0.3 is 12.7 Å². The first-order valence-corrected chi connectivity index (χ1v) is 8.42. The molecule has 166 valence electrons. The van der Waals surface area contributed by atoms with Gasteiger partial charge in [0.15, 0.2) is 0 Å². The number of halogens is 7. The highest BCUT2D eigenvalue weighted by Gasteiger charge is 2.53. The molecule has 0 aliphatic carbocycles. The number of hydrogen-bond acceptors (Lipinski definition) is 4. The molecule has 4 N–H and O–H groups in total. The Hall–Kier alpha value is -2.67. The van der Waals surface area contributed by atoms with Gasteiger partial charge in [0, 0.05) is 23.9 Å². The standard InChI is InChI=1S/C17H18F7N5O/c1-16(2,17(22,23)24)13(25)14(30)27-26-7-9-10(18)5-8(6-11(9)19)12-3-4-29(28-12)15(20)21/h3-6,13,15,26H,7,25H2,1-2H3,(H,27,30)/t13-/m1/s1. The number of carbonyl (C=O) groups excluding carboxylic acids is 1. The molecule has 1 aromatic carbocycles. The van der Waals surface area contributed by atoms with Crippen LogP contribution in [0.4, 0.5) is 30.7 Å². The van der Waals surface area contributed by atoms with E-state index >= 15 is 0 Å². The summed E-state index contributed by atoms with van der Waals surface area (Å²) in [7, 11) is 0. The van der Waals surface area contributed by atoms with Crippen LogP contribution in [-0.4, -0.2) is 27.9 Å². The van der Waals surface area contributed by atoms with Crippen LogP contribution in [-0.2, 0) is 11.3 Å². The minimum atomic E-state index is -4.75. The van der Waals surface area contributed by atoms with Crippen LogP contribution < -0.4 is 16.6 Å². The molecular formula is C17H18F7N5O. The van der Waals surface area contributed by atoms with Gasteiger partial charge in [-0.1, -0.05) is 0 Å². The summed E-state index contributed by atoms with van der Waals surface area (Å²) < 4.78 is 92.7. The summed E-state index contributed by atoms with van der Waals surface area (Å²) in [5.41, 5.74) is 6.05. The molecule has 0 saturated heterocycles. The van der Waals surface area contributed by atoms with Crippen molar-refractivity contribution in [3.05, 3.63) is 41.6 Å². The highest BCUT2D eigenvalue weighted by molar-refractivity contribution is 5.82. The lowest BCUT2D eigenvalue weighted by Gasteiger charge is -2.32. The van der Waals surface area contributed by atoms with E-state index in [1.54, 1.807) is 0 Å². The predicted octanol–water partition coefficient (Wildman–Crippen LogP) is 3.26. The second-order valence-corrected chi connectivity index (χ2v) is 6.92. The van der Waals surface area contributed by atoms with Gasteiger partial charge in [0.1, 0.15) is 11.6 Å². The van der Waals surface area contributed by atoms with Gasteiger partial charge in [-0.25, -0.2) is 18.9 Å². The Morgan fingerprint density at radius 1 is 1.20 bits per heavy atom. The number of nitrogens with zero attached hydrogens (tertiary/aromatic N) is 2. The Balaban J connectivity index is 2.06. The van der Waals surface area contributed by atoms with Crippen molar-refractivity contribution in [3.63, 3.8) is 0 Å². The van der Waals surface area contributed by atoms with E-state index in [0.29, 0.717) is 4.68 Å². The number of aromatic nitrogens is 2. The summed E-state index contributed by atoms with van der Waals surface area (Å²) in [5.74, 6) is -3.40. The Morgan fingerprint density at radius 2 is 1.77 bits per heavy atom. The van der Waals surface area contributed by atoms with Crippen molar-refractivity contribution in [3.8, 4) is 11.3 Å². The summed E-state index contributed by atoms with van der Waals surface area (Å²) in [6.45, 7) is -2.06. The lowest BCUT2D eigenvalue weighted by atomic mass is 9.84. The molecule has 6 nitrogen and oxygen atoms in total. The zero-order valence-electron chi connectivity index (χ0n) is 15.7. The minimum absolute atomic E-state index is 0.0960. The average molecular weight is 441 g/mol. The third kappa shape index (κ3) is 4.90. The molecule has 0 bridgehead atoms. The maximum atomic E-state index is 14.2. The molecule has 1 aromatic heterocycles. The minimum Gasteiger partial charge on any atom is -0.319 e. The van der Waals surface area contributed by atoms with Crippen LogP contribution in [0.25, 0.3) is 11.3 Å². The fraction of sp³-hybridized carbons (Fsp3) is 0.412. The summed E-state index contributed by atoms with van der Waals surface area (Å²) in [5, 5.41) is 3.49. The molecule has 1 heterocycles. The van der Waals surface area contributed by atoms with E-state index in [4.69, 9.17) is 5.73 Å². The van der Waals surface area contributed by atoms with E-state index in [2.05, 4.69) is 10.5 Å². The van der Waals surface area contributed by atoms with Gasteiger partial charge in [0.2, 0.25) is 0 Å². The first-order chi connectivity index (χ1) is 13.8. The molecule has 1 atom stereocenters. The molecule has 0 spiro atoms. The maximum Gasteiger partial charge on any atom is 0.395 e. The molecule has 0 radical (unpaired) electrons. The smallest absolute Gasteiger partial charge is 0.319 e. The molecule has 1 amide bonds. The highest BCUT2D eigenvalue weighted by Crippen LogP contribution is 2.39. The zero-order valence-corrected chi connectivity index (χ0v) is 15.7. The molecule has 13 heteroatoms. The highest BCUT2D eigenvalue weighted by atomic mass is 19.4. The number of hydrogen-bond donors (Lipinski definition) is 3. The topological polar surface area (TPSA) is 85.0 Å². The van der Waals surface area contributed by atoms with Crippen molar-refractivity contribution < 1.29 is 35.5 Å². The van der Waals surface area contributed by atoms with Crippen molar-refractivity contribution in [2.45, 2.75) is 39.2 Å². The Labute approximate surface area is 166 Å². The number of nitrogens with one attached hydrogen (secondary N) is 2. The van der Waals surface area contributed by atoms with Crippen LogP contribution in [0.2, 0.25) is 0 Å². The van der Waals surface area contributed by atoms with Crippen LogP contribution in [0.15, 0.2) is 24.4 Å². The molecule has 2 rings (SSSR count). The SMILES string of the molecule is CC(C)([C@H](N)C(=O)NNCc1c(F)cc(-c2ccn(C(F)F)n2)cc1F)C(F)(F)F. The van der Waals surface area contributed by atoms with E-state index < -0.39 is 53.8 Å². The monoisotopic (exact) mass is 441 g/mol. The molecule has 0 aliphatic heterocycles. The van der Waals surface area contributed by atoms with Crippen molar-refractivity contribution >= 4 is 5.91 Å². The molecule has 0 saturated carbocycles. The summed E-state index contributed by atoms with van der Waals surface area (Å²) in [4.78, 5) is 11.8. The second kappa shape index (κ2) is 8.60. The van der Waals surface area contributed by atoms with E-state index in [0.717, 1.165) is 38.2 Å². The summed E-state index contributed by atoms with van der Waals surface area (Å²) in [6, 6.07) is 0.853. The largest absolute Gasteiger partial charge is 0.395 e. The van der Waals surface area contributed by atoms with E-state index in [1.165, 1.54) is 0 Å². The molecule has 2 aromatic rings. The van der Waals surface area contributed by atoms with Gasteiger partial charge < -0.3 is 5.73 Å². The molecule has 0 fully saturated rings. The van der Waals surface area contributed by atoms with E-state index in [-0.39, 0.29) is 11.3 Å². The van der Waals surface area contributed by atoms with Gasteiger partial charge in [-0.15, -0.1) is 0 Å². The molecule has 30 heavy (non-hydrogen) atoms.